The van der Waals surface area contributed by atoms with Crippen LogP contribution in [-0.4, -0.2) is 38.4 Å². The Morgan fingerprint density at radius 1 is 0.971 bits per heavy atom. The monoisotopic (exact) mass is 482 g/mol. The van der Waals surface area contributed by atoms with Gasteiger partial charge in [0.2, 0.25) is 0 Å². The fraction of sp³-hybridized carbons (Fsp3) is 0.160. The first-order valence-electron chi connectivity index (χ1n) is 10.3. The van der Waals surface area contributed by atoms with E-state index in [2.05, 4.69) is 10.5 Å². The molecule has 3 aromatic carbocycles. The van der Waals surface area contributed by atoms with Gasteiger partial charge in [-0.3, -0.25) is 4.79 Å². The van der Waals surface area contributed by atoms with Gasteiger partial charge in [0, 0.05) is 5.02 Å². The second-order valence-corrected chi connectivity index (χ2v) is 7.23. The molecule has 9 heteroatoms. The molecule has 0 radical (unpaired) electrons. The number of nitrogens with zero attached hydrogens (tertiary/aromatic N) is 1. The summed E-state index contributed by atoms with van der Waals surface area (Å²) in [6, 6.07) is 18.2. The minimum Gasteiger partial charge on any atom is -0.494 e. The molecule has 0 fully saturated rings. The number of methoxy groups -OCH3 is 1. The molecule has 0 aromatic heterocycles. The van der Waals surface area contributed by atoms with Crippen molar-refractivity contribution in [2.75, 3.05) is 20.3 Å². The first-order chi connectivity index (χ1) is 16.5. The Hall–Kier alpha value is -4.04. The third kappa shape index (κ3) is 7.25. The zero-order chi connectivity index (χ0) is 24.3. The van der Waals surface area contributed by atoms with Crippen LogP contribution in [-0.2, 0) is 4.79 Å². The standard InChI is InChI=1S/C25H23ClN2O6/c1-3-32-20-10-8-18(9-11-20)25(30)34-22-12-7-17(13-23(22)31-2)15-27-28-24(29)16-33-21-6-4-5-19(26)14-21/h4-15H,3,16H2,1-2H3,(H,28,29). The topological polar surface area (TPSA) is 95.5 Å². The van der Waals surface area contributed by atoms with Gasteiger partial charge in [-0.15, -0.1) is 0 Å². The van der Waals surface area contributed by atoms with Crippen molar-refractivity contribution >= 4 is 29.7 Å². The van der Waals surface area contributed by atoms with E-state index in [0.29, 0.717) is 40.0 Å². The van der Waals surface area contributed by atoms with Gasteiger partial charge < -0.3 is 18.9 Å². The molecule has 0 aliphatic rings. The average Bonchev–Trinajstić information content (AvgIpc) is 2.84. The Morgan fingerprint density at radius 2 is 1.76 bits per heavy atom. The van der Waals surface area contributed by atoms with E-state index in [4.69, 9.17) is 30.5 Å². The number of ether oxygens (including phenoxy) is 4. The van der Waals surface area contributed by atoms with Gasteiger partial charge in [-0.05, 0) is 73.2 Å². The van der Waals surface area contributed by atoms with Gasteiger partial charge in [0.15, 0.2) is 18.1 Å². The van der Waals surface area contributed by atoms with Gasteiger partial charge in [-0.25, -0.2) is 10.2 Å². The Labute approximate surface area is 202 Å². The molecule has 0 aliphatic carbocycles. The molecule has 0 saturated carbocycles. The molecule has 176 valence electrons. The second kappa shape index (κ2) is 12.3. The number of nitrogens with one attached hydrogen (secondary N) is 1. The molecule has 0 saturated heterocycles. The van der Waals surface area contributed by atoms with E-state index in [9.17, 15) is 9.59 Å². The highest BCUT2D eigenvalue weighted by atomic mass is 35.5. The number of esters is 1. The summed E-state index contributed by atoms with van der Waals surface area (Å²) < 4.78 is 21.5. The fourth-order valence-electron chi connectivity index (χ4n) is 2.78. The Morgan fingerprint density at radius 3 is 2.47 bits per heavy atom. The number of hydrogen-bond acceptors (Lipinski definition) is 7. The molecule has 0 heterocycles. The van der Waals surface area contributed by atoms with Gasteiger partial charge in [-0.2, -0.15) is 5.10 Å². The summed E-state index contributed by atoms with van der Waals surface area (Å²) in [6.45, 7) is 2.20. The summed E-state index contributed by atoms with van der Waals surface area (Å²) in [4.78, 5) is 24.4. The Kier molecular flexibility index (Phi) is 8.88. The highest BCUT2D eigenvalue weighted by molar-refractivity contribution is 6.30. The number of carbonyl (C=O) groups is 2. The second-order valence-electron chi connectivity index (χ2n) is 6.80. The minimum absolute atomic E-state index is 0.221. The predicted molar refractivity (Wildman–Crippen MR) is 128 cm³/mol. The first-order valence-corrected chi connectivity index (χ1v) is 10.7. The largest absolute Gasteiger partial charge is 0.494 e. The van der Waals surface area contributed by atoms with Gasteiger partial charge in [0.05, 0.1) is 25.5 Å². The highest BCUT2D eigenvalue weighted by Gasteiger charge is 2.13. The molecule has 3 aromatic rings. The molecule has 0 aliphatic heterocycles. The van der Waals surface area contributed by atoms with Gasteiger partial charge in [0.1, 0.15) is 11.5 Å². The lowest BCUT2D eigenvalue weighted by Crippen LogP contribution is -2.24. The lowest BCUT2D eigenvalue weighted by atomic mass is 10.2. The molecule has 0 atom stereocenters. The predicted octanol–water partition coefficient (Wildman–Crippen LogP) is 4.50. The quantitative estimate of drug-likeness (QED) is 0.198. The Balaban J connectivity index is 1.55. The number of carbonyl (C=O) groups excluding carboxylic acids is 2. The molecule has 3 rings (SSSR count). The molecule has 8 nitrogen and oxygen atoms in total. The van der Waals surface area contributed by atoms with Crippen molar-refractivity contribution in [1.82, 2.24) is 5.43 Å². The van der Waals surface area contributed by atoms with Crippen LogP contribution < -0.4 is 24.4 Å². The number of amides is 1. The third-order valence-corrected chi connectivity index (χ3v) is 4.60. The van der Waals surface area contributed by atoms with E-state index in [1.54, 1.807) is 66.7 Å². The maximum absolute atomic E-state index is 12.5. The summed E-state index contributed by atoms with van der Waals surface area (Å²) in [5.74, 6) is 0.755. The van der Waals surface area contributed by atoms with Crippen LogP contribution >= 0.6 is 11.6 Å². The van der Waals surface area contributed by atoms with Crippen LogP contribution in [0.2, 0.25) is 5.02 Å². The summed E-state index contributed by atoms with van der Waals surface area (Å²) in [6.07, 6.45) is 1.43. The molecule has 0 unspecified atom stereocenters. The van der Waals surface area contributed by atoms with Crippen LogP contribution in [0.4, 0.5) is 0 Å². The molecule has 0 bridgehead atoms. The fourth-order valence-corrected chi connectivity index (χ4v) is 2.96. The normalized spacial score (nSPS) is 10.6. The van der Waals surface area contributed by atoms with Crippen molar-refractivity contribution in [2.45, 2.75) is 6.92 Å². The van der Waals surface area contributed by atoms with Gasteiger partial charge in [-0.1, -0.05) is 17.7 Å². The summed E-state index contributed by atoms with van der Waals surface area (Å²) in [7, 11) is 1.46. The third-order valence-electron chi connectivity index (χ3n) is 4.36. The number of hydrazone groups is 1. The molecular weight excluding hydrogens is 460 g/mol. The Bertz CT molecular complexity index is 1160. The van der Waals surface area contributed by atoms with E-state index >= 15 is 0 Å². The number of benzene rings is 3. The maximum atomic E-state index is 12.5. The van der Waals surface area contributed by atoms with Crippen LogP contribution in [0.3, 0.4) is 0 Å². The number of hydrogen-bond donors (Lipinski definition) is 1. The zero-order valence-electron chi connectivity index (χ0n) is 18.6. The van der Waals surface area contributed by atoms with Crippen molar-refractivity contribution in [2.24, 2.45) is 5.10 Å². The summed E-state index contributed by atoms with van der Waals surface area (Å²) >= 11 is 5.88. The van der Waals surface area contributed by atoms with Crippen LogP contribution in [0.25, 0.3) is 0 Å². The van der Waals surface area contributed by atoms with Gasteiger partial charge >= 0.3 is 5.97 Å². The van der Waals surface area contributed by atoms with Crippen LogP contribution in [0.1, 0.15) is 22.8 Å². The SMILES string of the molecule is CCOc1ccc(C(=O)Oc2ccc(C=NNC(=O)COc3cccc(Cl)c3)cc2OC)cc1. The number of halogens is 1. The van der Waals surface area contributed by atoms with Gasteiger partial charge in [0.25, 0.3) is 5.91 Å². The molecule has 1 amide bonds. The highest BCUT2D eigenvalue weighted by Crippen LogP contribution is 2.28. The zero-order valence-corrected chi connectivity index (χ0v) is 19.4. The van der Waals surface area contributed by atoms with Crippen LogP contribution in [0.5, 0.6) is 23.0 Å². The minimum atomic E-state index is -0.533. The van der Waals surface area contributed by atoms with E-state index in [0.717, 1.165) is 0 Å². The number of rotatable bonds is 10. The molecule has 34 heavy (non-hydrogen) atoms. The molecular formula is C25H23ClN2O6. The summed E-state index contributed by atoms with van der Waals surface area (Å²) in [5.41, 5.74) is 3.36. The van der Waals surface area contributed by atoms with Crippen LogP contribution in [0.15, 0.2) is 71.8 Å². The van der Waals surface area contributed by atoms with Crippen molar-refractivity contribution in [1.29, 1.82) is 0 Å². The van der Waals surface area contributed by atoms with E-state index in [1.165, 1.54) is 13.3 Å². The van der Waals surface area contributed by atoms with Crippen molar-refractivity contribution in [3.05, 3.63) is 82.9 Å². The van der Waals surface area contributed by atoms with E-state index in [-0.39, 0.29) is 12.4 Å². The first kappa shape index (κ1) is 24.6. The lowest BCUT2D eigenvalue weighted by Gasteiger charge is -2.10. The molecule has 1 N–H and O–H groups in total. The lowest BCUT2D eigenvalue weighted by molar-refractivity contribution is -0.123. The van der Waals surface area contributed by atoms with Crippen LogP contribution in [0, 0.1) is 0 Å². The van der Waals surface area contributed by atoms with Crippen molar-refractivity contribution in [3.63, 3.8) is 0 Å². The van der Waals surface area contributed by atoms with Crippen molar-refractivity contribution < 1.29 is 28.5 Å². The van der Waals surface area contributed by atoms with E-state index in [1.807, 2.05) is 6.92 Å². The summed E-state index contributed by atoms with van der Waals surface area (Å²) in [5, 5.41) is 4.41. The smallest absolute Gasteiger partial charge is 0.343 e. The van der Waals surface area contributed by atoms with E-state index < -0.39 is 11.9 Å². The van der Waals surface area contributed by atoms with Crippen molar-refractivity contribution in [3.8, 4) is 23.0 Å². The molecule has 0 spiro atoms. The maximum Gasteiger partial charge on any atom is 0.343 e. The average molecular weight is 483 g/mol.